The highest BCUT2D eigenvalue weighted by Crippen LogP contribution is 2.35. The minimum atomic E-state index is -3.88. The number of thiazole rings is 1. The largest absolute Gasteiger partial charge is 0.278 e. The predicted octanol–water partition coefficient (Wildman–Crippen LogP) is 5.34. The third-order valence-corrected chi connectivity index (χ3v) is 7.46. The van der Waals surface area contributed by atoms with Crippen molar-refractivity contribution in [1.82, 2.24) is 4.98 Å². The maximum Gasteiger partial charge on any atom is 0.263 e. The van der Waals surface area contributed by atoms with Crippen molar-refractivity contribution in [1.29, 1.82) is 0 Å². The molecule has 0 radical (unpaired) electrons. The molecule has 9 heteroatoms. The number of hydrogen-bond donors (Lipinski definition) is 1. The molecule has 2 heterocycles. The van der Waals surface area contributed by atoms with Crippen molar-refractivity contribution < 1.29 is 12.8 Å². The molecule has 0 amide bonds. The Morgan fingerprint density at radius 2 is 2.08 bits per heavy atom. The molecule has 0 aliphatic heterocycles. The minimum Gasteiger partial charge on any atom is -0.278 e. The van der Waals surface area contributed by atoms with E-state index in [0.717, 1.165) is 28.1 Å². The average molecular weight is 417 g/mol. The number of hydrogen-bond acceptors (Lipinski definition) is 5. The molecule has 3 rings (SSSR count). The summed E-state index contributed by atoms with van der Waals surface area (Å²) in [5.41, 5.74) is 0.774. The van der Waals surface area contributed by atoms with Gasteiger partial charge in [0.15, 0.2) is 0 Å². The van der Waals surface area contributed by atoms with Crippen LogP contribution in [0.1, 0.15) is 16.8 Å². The number of aryl methyl sites for hydroxylation is 2. The summed E-state index contributed by atoms with van der Waals surface area (Å²) in [4.78, 5) is 6.03. The van der Waals surface area contributed by atoms with E-state index in [-0.39, 0.29) is 15.6 Å². The fourth-order valence-corrected chi connectivity index (χ4v) is 5.88. The minimum absolute atomic E-state index is 0.00995. The number of benzene rings is 1. The molecule has 0 aliphatic rings. The van der Waals surface area contributed by atoms with Crippen LogP contribution in [-0.4, -0.2) is 13.4 Å². The number of anilines is 1. The van der Waals surface area contributed by atoms with Crippen molar-refractivity contribution in [2.75, 3.05) is 4.72 Å². The lowest BCUT2D eigenvalue weighted by Crippen LogP contribution is -2.13. The maximum absolute atomic E-state index is 13.4. The number of aromatic nitrogens is 1. The summed E-state index contributed by atoms with van der Waals surface area (Å²) in [5.74, 6) is -0.570. The van der Waals surface area contributed by atoms with Crippen molar-refractivity contribution >= 4 is 50.0 Å². The highest BCUT2D eigenvalue weighted by atomic mass is 35.5. The molecule has 0 atom stereocenters. The topological polar surface area (TPSA) is 59.1 Å². The van der Waals surface area contributed by atoms with Gasteiger partial charge in [0.2, 0.25) is 0 Å². The third-order valence-electron chi connectivity index (χ3n) is 3.44. The van der Waals surface area contributed by atoms with E-state index in [2.05, 4.69) is 9.71 Å². The number of rotatable bonds is 5. The fraction of sp³-hybridized carbons (Fsp3) is 0.188. The quantitative estimate of drug-likeness (QED) is 0.611. The Morgan fingerprint density at radius 1 is 1.32 bits per heavy atom. The van der Waals surface area contributed by atoms with Crippen molar-refractivity contribution in [2.24, 2.45) is 0 Å². The average Bonchev–Trinajstić information content (AvgIpc) is 3.17. The molecular weight excluding hydrogens is 403 g/mol. The Balaban J connectivity index is 1.96. The zero-order chi connectivity index (χ0) is 18.2. The summed E-state index contributed by atoms with van der Waals surface area (Å²) < 4.78 is 41.1. The van der Waals surface area contributed by atoms with E-state index in [1.807, 2.05) is 12.3 Å². The zero-order valence-corrected chi connectivity index (χ0v) is 16.5. The van der Waals surface area contributed by atoms with E-state index in [0.29, 0.717) is 4.88 Å². The monoisotopic (exact) mass is 416 g/mol. The van der Waals surface area contributed by atoms with E-state index in [4.69, 9.17) is 11.6 Å². The van der Waals surface area contributed by atoms with Crippen LogP contribution in [0.3, 0.4) is 0 Å². The molecule has 0 unspecified atom stereocenters. The van der Waals surface area contributed by atoms with Gasteiger partial charge in [0.25, 0.3) is 10.0 Å². The molecule has 0 bridgehead atoms. The first-order valence-corrected chi connectivity index (χ1v) is 10.9. The van der Waals surface area contributed by atoms with Crippen LogP contribution in [0.5, 0.6) is 0 Å². The van der Waals surface area contributed by atoms with Crippen LogP contribution in [0.2, 0.25) is 5.02 Å². The van der Waals surface area contributed by atoms with Crippen LogP contribution in [-0.2, 0) is 16.4 Å². The Morgan fingerprint density at radius 3 is 2.76 bits per heavy atom. The van der Waals surface area contributed by atoms with Gasteiger partial charge in [-0.05, 0) is 37.6 Å². The summed E-state index contributed by atoms with van der Waals surface area (Å²) in [6.07, 6.45) is 0.833. The van der Waals surface area contributed by atoms with Gasteiger partial charge in [0.05, 0.1) is 26.3 Å². The molecule has 0 fully saturated rings. The second kappa shape index (κ2) is 7.03. The fourth-order valence-electron chi connectivity index (χ4n) is 2.22. The van der Waals surface area contributed by atoms with Gasteiger partial charge in [-0.25, -0.2) is 17.8 Å². The summed E-state index contributed by atoms with van der Waals surface area (Å²) >= 11 is 8.85. The van der Waals surface area contributed by atoms with E-state index >= 15 is 0 Å². The highest BCUT2D eigenvalue weighted by molar-refractivity contribution is 7.93. The second-order valence-corrected chi connectivity index (χ2v) is 9.50. The number of thiophene rings is 1. The summed E-state index contributed by atoms with van der Waals surface area (Å²) in [7, 11) is -3.88. The molecule has 3 aromatic rings. The Kier molecular flexibility index (Phi) is 5.15. The molecule has 0 spiro atoms. The van der Waals surface area contributed by atoms with E-state index < -0.39 is 15.8 Å². The Hall–Kier alpha value is -1.48. The number of halogens is 2. The molecule has 25 heavy (non-hydrogen) atoms. The molecule has 0 saturated carbocycles. The summed E-state index contributed by atoms with van der Waals surface area (Å²) in [6, 6.07) is 5.12. The van der Waals surface area contributed by atoms with Crippen LogP contribution in [0.4, 0.5) is 10.1 Å². The van der Waals surface area contributed by atoms with Crippen LogP contribution < -0.4 is 4.72 Å². The van der Waals surface area contributed by atoms with Gasteiger partial charge in [-0.3, -0.25) is 4.72 Å². The lowest BCUT2D eigenvalue weighted by Gasteiger charge is -2.09. The molecule has 0 saturated heterocycles. The summed E-state index contributed by atoms with van der Waals surface area (Å²) in [6.45, 7) is 3.74. The smallest absolute Gasteiger partial charge is 0.263 e. The number of nitrogens with one attached hydrogen (secondary N) is 1. The van der Waals surface area contributed by atoms with E-state index in [1.165, 1.54) is 23.5 Å². The number of sulfonamides is 1. The number of nitrogens with zero attached hydrogens (tertiary/aromatic N) is 1. The molecule has 4 nitrogen and oxygen atoms in total. The normalized spacial score (nSPS) is 11.7. The van der Waals surface area contributed by atoms with Crippen LogP contribution in [0, 0.1) is 12.7 Å². The SMILES string of the molecule is CCc1nc(-c2cc(S(=O)(=O)Nc3cc(F)ccc3Cl)c(C)s2)cs1. The summed E-state index contributed by atoms with van der Waals surface area (Å²) in [5, 5.41) is 3.04. The highest BCUT2D eigenvalue weighted by Gasteiger charge is 2.22. The standard InChI is InChI=1S/C16H14ClFN2O2S3/c1-3-16-19-13(8-23-16)14-7-15(9(2)24-14)25(21,22)20-12-6-10(18)4-5-11(12)17/h4-8,20H,3H2,1-2H3. The van der Waals surface area contributed by atoms with E-state index in [1.54, 1.807) is 24.3 Å². The molecule has 1 N–H and O–H groups in total. The molecular formula is C16H14ClFN2O2S3. The van der Waals surface area contributed by atoms with Crippen molar-refractivity contribution in [3.8, 4) is 10.6 Å². The van der Waals surface area contributed by atoms with Gasteiger partial charge >= 0.3 is 0 Å². The third kappa shape index (κ3) is 3.87. The Bertz CT molecular complexity index is 1030. The van der Waals surface area contributed by atoms with Crippen molar-refractivity contribution in [3.05, 3.63) is 50.4 Å². The molecule has 1 aromatic carbocycles. The Labute approximate surface area is 158 Å². The molecule has 0 aliphatic carbocycles. The van der Waals surface area contributed by atoms with Gasteiger partial charge in [-0.2, -0.15) is 0 Å². The molecule has 2 aromatic heterocycles. The van der Waals surface area contributed by atoms with Gasteiger partial charge in [0.1, 0.15) is 10.7 Å². The van der Waals surface area contributed by atoms with Crippen LogP contribution in [0.15, 0.2) is 34.5 Å². The first-order valence-electron chi connectivity index (χ1n) is 7.33. The first kappa shape index (κ1) is 18.3. The molecule has 132 valence electrons. The zero-order valence-electron chi connectivity index (χ0n) is 13.3. The van der Waals surface area contributed by atoms with Gasteiger partial charge in [-0.1, -0.05) is 18.5 Å². The maximum atomic E-state index is 13.4. The first-order chi connectivity index (χ1) is 11.8. The van der Waals surface area contributed by atoms with Gasteiger partial charge in [-0.15, -0.1) is 22.7 Å². The lowest BCUT2D eigenvalue weighted by molar-refractivity contribution is 0.601. The van der Waals surface area contributed by atoms with Gasteiger partial charge in [0, 0.05) is 10.3 Å². The predicted molar refractivity (Wildman–Crippen MR) is 102 cm³/mol. The van der Waals surface area contributed by atoms with Crippen molar-refractivity contribution in [3.63, 3.8) is 0 Å². The lowest BCUT2D eigenvalue weighted by atomic mass is 10.3. The second-order valence-electron chi connectivity index (χ2n) is 5.24. The van der Waals surface area contributed by atoms with Gasteiger partial charge < -0.3 is 0 Å². The van der Waals surface area contributed by atoms with Crippen molar-refractivity contribution in [2.45, 2.75) is 25.2 Å². The van der Waals surface area contributed by atoms with Crippen LogP contribution in [0.25, 0.3) is 10.6 Å². The van der Waals surface area contributed by atoms with Crippen LogP contribution >= 0.6 is 34.3 Å². The van der Waals surface area contributed by atoms with E-state index in [9.17, 15) is 12.8 Å².